The van der Waals surface area contributed by atoms with E-state index in [2.05, 4.69) is 45.3 Å². The van der Waals surface area contributed by atoms with Crippen LogP contribution in [0.15, 0.2) is 53.4 Å². The number of fused-ring (bicyclic) bond motifs is 1. The van der Waals surface area contributed by atoms with E-state index in [1.54, 1.807) is 23.7 Å². The summed E-state index contributed by atoms with van der Waals surface area (Å²) < 4.78 is 4.49. The quantitative estimate of drug-likeness (QED) is 0.284. The zero-order valence-corrected chi connectivity index (χ0v) is 28.4. The summed E-state index contributed by atoms with van der Waals surface area (Å²) in [4.78, 5) is 31.1. The van der Waals surface area contributed by atoms with Crippen molar-refractivity contribution < 1.29 is 4.79 Å². The lowest BCUT2D eigenvalue weighted by molar-refractivity contribution is 0.0990. The first-order valence-electron chi connectivity index (χ1n) is 14.9. The first kappa shape index (κ1) is 31.8. The number of rotatable bonds is 7. The minimum absolute atomic E-state index is 0.0691. The second-order valence-corrected chi connectivity index (χ2v) is 13.9. The van der Waals surface area contributed by atoms with Crippen LogP contribution in [0.3, 0.4) is 0 Å². The predicted octanol–water partition coefficient (Wildman–Crippen LogP) is 6.11. The fourth-order valence-corrected chi connectivity index (χ4v) is 7.06. The molecule has 2 aromatic carbocycles. The van der Waals surface area contributed by atoms with Gasteiger partial charge in [0, 0.05) is 81.5 Å². The third-order valence-electron chi connectivity index (χ3n) is 7.95. The van der Waals surface area contributed by atoms with E-state index in [0.29, 0.717) is 0 Å². The zero-order valence-electron chi connectivity index (χ0n) is 26.0. The Hall–Kier alpha value is -2.60. The van der Waals surface area contributed by atoms with E-state index in [9.17, 15) is 4.79 Å². The monoisotopic (exact) mass is 637 g/mol. The SMILES string of the molecule is CSC.CSN(C)c1ccccc1C(=O)N1CCc2cc(SN3CCN(c4cc(C)nc(N5CCCC5)n4)CC3)ccc21. The number of nitrogens with zero attached hydrogens (tertiary/aromatic N) is 7. The summed E-state index contributed by atoms with van der Waals surface area (Å²) in [7, 11) is 2.00. The van der Waals surface area contributed by atoms with Crippen molar-refractivity contribution in [3.63, 3.8) is 0 Å². The third kappa shape index (κ3) is 7.56. The van der Waals surface area contributed by atoms with Crippen molar-refractivity contribution in [1.29, 1.82) is 0 Å². The van der Waals surface area contributed by atoms with Gasteiger partial charge in [0.05, 0.1) is 11.3 Å². The van der Waals surface area contributed by atoms with Crippen molar-refractivity contribution in [3.05, 3.63) is 65.4 Å². The number of piperazine rings is 1. The number of thioether (sulfide) groups is 1. The van der Waals surface area contributed by atoms with Gasteiger partial charge in [-0.05, 0) is 86.5 Å². The van der Waals surface area contributed by atoms with Crippen LogP contribution in [0.1, 0.15) is 34.5 Å². The van der Waals surface area contributed by atoms with Gasteiger partial charge < -0.3 is 19.0 Å². The molecule has 8 nitrogen and oxygen atoms in total. The Labute approximate surface area is 269 Å². The molecule has 0 radical (unpaired) electrons. The van der Waals surface area contributed by atoms with Gasteiger partial charge >= 0.3 is 0 Å². The van der Waals surface area contributed by atoms with E-state index >= 15 is 0 Å². The molecule has 0 unspecified atom stereocenters. The van der Waals surface area contributed by atoms with Gasteiger partial charge in [-0.3, -0.25) is 4.79 Å². The van der Waals surface area contributed by atoms with Gasteiger partial charge in [-0.25, -0.2) is 9.29 Å². The summed E-state index contributed by atoms with van der Waals surface area (Å²) in [5.41, 5.74) is 5.01. The lowest BCUT2D eigenvalue weighted by Gasteiger charge is -2.35. The maximum atomic E-state index is 13.6. The van der Waals surface area contributed by atoms with E-state index in [-0.39, 0.29) is 5.91 Å². The minimum Gasteiger partial charge on any atom is -0.354 e. The Balaban J connectivity index is 0.00000118. The van der Waals surface area contributed by atoms with Gasteiger partial charge in [0.2, 0.25) is 5.95 Å². The molecule has 1 amide bonds. The molecule has 2 fully saturated rings. The number of hydrogen-bond donors (Lipinski definition) is 0. The Bertz CT molecular complexity index is 1390. The minimum atomic E-state index is 0.0691. The molecule has 3 aromatic rings. The molecular formula is C32H43N7OS3. The summed E-state index contributed by atoms with van der Waals surface area (Å²) >= 11 is 5.18. The van der Waals surface area contributed by atoms with Gasteiger partial charge in [-0.1, -0.05) is 24.1 Å². The smallest absolute Gasteiger partial charge is 0.260 e. The van der Waals surface area contributed by atoms with Gasteiger partial charge in [0.25, 0.3) is 5.91 Å². The Morgan fingerprint density at radius 3 is 2.30 bits per heavy atom. The van der Waals surface area contributed by atoms with Crippen LogP contribution in [-0.4, -0.2) is 91.8 Å². The maximum absolute atomic E-state index is 13.6. The summed E-state index contributed by atoms with van der Waals surface area (Å²) in [6.07, 6.45) is 9.44. The number of benzene rings is 2. The topological polar surface area (TPSA) is 59.1 Å². The van der Waals surface area contributed by atoms with Crippen molar-refractivity contribution in [2.45, 2.75) is 31.1 Å². The molecule has 0 spiro atoms. The molecule has 0 saturated carbocycles. The Kier molecular flexibility index (Phi) is 11.0. The standard InChI is InChI=1S/C30H37N7OS2.C2H6S/c1-22-20-28(32-30(31-22)35-13-6-7-14-35)34-16-18-36(19-17-34)40-24-10-11-26-23(21-24)12-15-37(26)29(38)25-8-4-5-9-27(25)33(2)39-3;1-3-2/h4-5,8-11,20-21H,6-7,12-19H2,1-3H3;1-2H3. The molecule has 6 rings (SSSR count). The number of aromatic nitrogens is 2. The first-order valence-corrected chi connectivity index (χ1v) is 18.5. The molecule has 3 aliphatic rings. The molecule has 0 aliphatic carbocycles. The summed E-state index contributed by atoms with van der Waals surface area (Å²) in [5.74, 6) is 2.00. The molecule has 0 bridgehead atoms. The lowest BCUT2D eigenvalue weighted by atomic mass is 10.1. The van der Waals surface area contributed by atoms with E-state index < -0.39 is 0 Å². The average molecular weight is 638 g/mol. The number of anilines is 4. The van der Waals surface area contributed by atoms with E-state index in [1.165, 1.54) is 23.3 Å². The highest BCUT2D eigenvalue weighted by Crippen LogP contribution is 2.36. The first-order chi connectivity index (χ1) is 20.9. The highest BCUT2D eigenvalue weighted by molar-refractivity contribution is 8.00. The summed E-state index contributed by atoms with van der Waals surface area (Å²) in [5, 5.41) is 0. The molecule has 4 heterocycles. The fourth-order valence-electron chi connectivity index (χ4n) is 5.73. The molecule has 230 valence electrons. The predicted molar refractivity (Wildman–Crippen MR) is 187 cm³/mol. The molecule has 11 heteroatoms. The van der Waals surface area contributed by atoms with Crippen LogP contribution < -0.4 is 19.0 Å². The van der Waals surface area contributed by atoms with Crippen molar-refractivity contribution in [3.8, 4) is 0 Å². The second kappa shape index (κ2) is 14.9. The number of para-hydroxylation sites is 1. The number of carbonyl (C=O) groups excluding carboxylic acids is 1. The molecule has 1 aromatic heterocycles. The lowest BCUT2D eigenvalue weighted by Crippen LogP contribution is -2.44. The van der Waals surface area contributed by atoms with Crippen molar-refractivity contribution in [2.24, 2.45) is 0 Å². The van der Waals surface area contributed by atoms with Crippen molar-refractivity contribution in [1.82, 2.24) is 14.3 Å². The molecule has 0 N–H and O–H groups in total. The van der Waals surface area contributed by atoms with Crippen LogP contribution in [0.5, 0.6) is 0 Å². The largest absolute Gasteiger partial charge is 0.354 e. The normalized spacial score (nSPS) is 16.6. The van der Waals surface area contributed by atoms with Gasteiger partial charge in [-0.2, -0.15) is 16.7 Å². The van der Waals surface area contributed by atoms with Crippen LogP contribution in [-0.2, 0) is 6.42 Å². The molecule has 43 heavy (non-hydrogen) atoms. The number of aryl methyl sites for hydroxylation is 1. The maximum Gasteiger partial charge on any atom is 0.260 e. The number of carbonyl (C=O) groups is 1. The Morgan fingerprint density at radius 2 is 1.58 bits per heavy atom. The van der Waals surface area contributed by atoms with E-state index in [1.807, 2.05) is 71.2 Å². The molecule has 2 saturated heterocycles. The molecular weight excluding hydrogens is 595 g/mol. The van der Waals surface area contributed by atoms with Crippen molar-refractivity contribution in [2.75, 3.05) is 90.6 Å². The van der Waals surface area contributed by atoms with Gasteiger partial charge in [-0.15, -0.1) is 0 Å². The zero-order chi connectivity index (χ0) is 30.3. The van der Waals surface area contributed by atoms with E-state index in [0.717, 1.165) is 86.6 Å². The summed E-state index contributed by atoms with van der Waals surface area (Å²) in [6.45, 7) is 8.73. The molecule has 3 aliphatic heterocycles. The fraction of sp³-hybridized carbons (Fsp3) is 0.469. The van der Waals surface area contributed by atoms with Gasteiger partial charge in [0.15, 0.2) is 0 Å². The van der Waals surface area contributed by atoms with Crippen molar-refractivity contribution >= 4 is 64.7 Å². The average Bonchev–Trinajstić information content (AvgIpc) is 3.72. The molecule has 0 atom stereocenters. The van der Waals surface area contributed by atoms with Crippen LogP contribution in [0.4, 0.5) is 23.1 Å². The van der Waals surface area contributed by atoms with Crippen LogP contribution in [0.25, 0.3) is 0 Å². The Morgan fingerprint density at radius 1 is 0.860 bits per heavy atom. The van der Waals surface area contributed by atoms with Crippen LogP contribution in [0.2, 0.25) is 0 Å². The van der Waals surface area contributed by atoms with Crippen LogP contribution in [0, 0.1) is 6.92 Å². The van der Waals surface area contributed by atoms with Gasteiger partial charge in [0.1, 0.15) is 5.82 Å². The summed E-state index contributed by atoms with van der Waals surface area (Å²) in [6, 6.07) is 16.6. The second-order valence-electron chi connectivity index (χ2n) is 11.0. The highest BCUT2D eigenvalue weighted by Gasteiger charge is 2.28. The highest BCUT2D eigenvalue weighted by atomic mass is 32.2. The number of hydrogen-bond acceptors (Lipinski definition) is 10. The van der Waals surface area contributed by atoms with Crippen LogP contribution >= 0.6 is 35.7 Å². The van der Waals surface area contributed by atoms with E-state index in [4.69, 9.17) is 9.97 Å². The third-order valence-corrected chi connectivity index (χ3v) is 9.79. The number of amides is 1.